The van der Waals surface area contributed by atoms with Crippen LogP contribution in [0.15, 0.2) is 42.5 Å². The predicted molar refractivity (Wildman–Crippen MR) is 99.3 cm³/mol. The van der Waals surface area contributed by atoms with Crippen LogP contribution in [-0.2, 0) is 6.42 Å². The van der Waals surface area contributed by atoms with E-state index in [0.717, 1.165) is 41.2 Å². The number of Topliss-reactive ketones (excluding diaryl/α,β-unsaturated/α-hetero) is 1. The lowest BCUT2D eigenvalue weighted by molar-refractivity contribution is 0.0972. The van der Waals surface area contributed by atoms with Gasteiger partial charge in [0.15, 0.2) is 11.6 Å². The van der Waals surface area contributed by atoms with Crippen LogP contribution >= 0.6 is 0 Å². The number of ketones is 1. The first-order valence-electron chi connectivity index (χ1n) is 8.68. The number of ether oxygens (including phenoxy) is 1. The zero-order chi connectivity index (χ0) is 18.1. The molecule has 4 rings (SSSR count). The number of carbonyl (C=O) groups is 1. The van der Waals surface area contributed by atoms with Gasteiger partial charge in [0.1, 0.15) is 11.4 Å². The standard InChI is InChI=1S/C21H19N3O2/c1-13-5-3-7-17(22-13)21-23-16-6-4-8-18(25)19(16)20(24-21)14-9-11-15(26-2)12-10-14/h3,5,7,9-12H,4,6,8H2,1-2H3. The maximum absolute atomic E-state index is 12.6. The first-order chi connectivity index (χ1) is 12.7. The van der Waals surface area contributed by atoms with Crippen LogP contribution in [-0.4, -0.2) is 27.8 Å². The minimum absolute atomic E-state index is 0.112. The van der Waals surface area contributed by atoms with E-state index in [9.17, 15) is 4.79 Å². The van der Waals surface area contributed by atoms with Crippen LogP contribution in [0.5, 0.6) is 5.75 Å². The Hall–Kier alpha value is -3.08. The van der Waals surface area contributed by atoms with E-state index in [-0.39, 0.29) is 5.78 Å². The molecule has 0 bridgehead atoms. The number of pyridine rings is 1. The highest BCUT2D eigenvalue weighted by Crippen LogP contribution is 2.32. The number of nitrogens with zero attached hydrogens (tertiary/aromatic N) is 3. The molecule has 0 unspecified atom stereocenters. The highest BCUT2D eigenvalue weighted by molar-refractivity contribution is 6.03. The van der Waals surface area contributed by atoms with Crippen molar-refractivity contribution >= 4 is 5.78 Å². The number of methoxy groups -OCH3 is 1. The van der Waals surface area contributed by atoms with E-state index in [0.29, 0.717) is 23.5 Å². The second kappa shape index (κ2) is 6.67. The fourth-order valence-corrected chi connectivity index (χ4v) is 3.26. The Kier molecular flexibility index (Phi) is 4.21. The van der Waals surface area contributed by atoms with Gasteiger partial charge in [0.25, 0.3) is 0 Å². The molecule has 0 N–H and O–H groups in total. The van der Waals surface area contributed by atoms with Crippen LogP contribution in [0.1, 0.15) is 34.6 Å². The van der Waals surface area contributed by atoms with Crippen molar-refractivity contribution in [3.63, 3.8) is 0 Å². The molecule has 0 spiro atoms. The minimum Gasteiger partial charge on any atom is -0.497 e. The normalized spacial score (nSPS) is 13.4. The van der Waals surface area contributed by atoms with Crippen molar-refractivity contribution in [1.82, 2.24) is 15.0 Å². The lowest BCUT2D eigenvalue weighted by Crippen LogP contribution is -2.16. The Morgan fingerprint density at radius 2 is 1.77 bits per heavy atom. The molecule has 0 fully saturated rings. The highest BCUT2D eigenvalue weighted by atomic mass is 16.5. The number of aromatic nitrogens is 3. The molecular formula is C21H19N3O2. The van der Waals surface area contributed by atoms with Crippen LogP contribution in [0.2, 0.25) is 0 Å². The third-order valence-corrected chi connectivity index (χ3v) is 4.56. The fraction of sp³-hybridized carbons (Fsp3) is 0.238. The van der Waals surface area contributed by atoms with Gasteiger partial charge in [0.05, 0.1) is 24.1 Å². The monoisotopic (exact) mass is 345 g/mol. The Balaban J connectivity index is 1.92. The van der Waals surface area contributed by atoms with Gasteiger partial charge in [-0.1, -0.05) is 6.07 Å². The molecule has 130 valence electrons. The van der Waals surface area contributed by atoms with Gasteiger partial charge in [-0.25, -0.2) is 15.0 Å². The molecule has 0 amide bonds. The summed E-state index contributed by atoms with van der Waals surface area (Å²) >= 11 is 0. The van der Waals surface area contributed by atoms with Gasteiger partial charge in [-0.15, -0.1) is 0 Å². The molecule has 1 aromatic carbocycles. The molecule has 1 aliphatic rings. The lowest BCUT2D eigenvalue weighted by Gasteiger charge is -2.18. The smallest absolute Gasteiger partial charge is 0.179 e. The largest absolute Gasteiger partial charge is 0.497 e. The molecule has 26 heavy (non-hydrogen) atoms. The van der Waals surface area contributed by atoms with Gasteiger partial charge < -0.3 is 4.74 Å². The predicted octanol–water partition coefficient (Wildman–Crippen LogP) is 4.04. The van der Waals surface area contributed by atoms with Gasteiger partial charge in [-0.3, -0.25) is 4.79 Å². The van der Waals surface area contributed by atoms with Crippen molar-refractivity contribution in [2.75, 3.05) is 7.11 Å². The quantitative estimate of drug-likeness (QED) is 0.717. The van der Waals surface area contributed by atoms with E-state index >= 15 is 0 Å². The maximum Gasteiger partial charge on any atom is 0.179 e. The Labute approximate surface area is 152 Å². The van der Waals surface area contributed by atoms with E-state index in [4.69, 9.17) is 9.72 Å². The number of fused-ring (bicyclic) bond motifs is 1. The van der Waals surface area contributed by atoms with Crippen molar-refractivity contribution < 1.29 is 9.53 Å². The summed E-state index contributed by atoms with van der Waals surface area (Å²) in [5.41, 5.74) is 4.67. The van der Waals surface area contributed by atoms with E-state index in [1.165, 1.54) is 0 Å². The van der Waals surface area contributed by atoms with E-state index in [2.05, 4.69) is 9.97 Å². The van der Waals surface area contributed by atoms with Crippen LogP contribution in [0.25, 0.3) is 22.8 Å². The average molecular weight is 345 g/mol. The second-order valence-electron chi connectivity index (χ2n) is 6.39. The molecule has 0 radical (unpaired) electrons. The fourth-order valence-electron chi connectivity index (χ4n) is 3.26. The highest BCUT2D eigenvalue weighted by Gasteiger charge is 2.25. The van der Waals surface area contributed by atoms with Crippen molar-refractivity contribution in [2.24, 2.45) is 0 Å². The third-order valence-electron chi connectivity index (χ3n) is 4.56. The number of hydrogen-bond acceptors (Lipinski definition) is 5. The Bertz CT molecular complexity index is 981. The Morgan fingerprint density at radius 1 is 0.962 bits per heavy atom. The lowest BCUT2D eigenvalue weighted by atomic mass is 9.91. The number of benzene rings is 1. The first-order valence-corrected chi connectivity index (χ1v) is 8.68. The van der Waals surface area contributed by atoms with Gasteiger partial charge in [0, 0.05) is 17.7 Å². The molecule has 5 heteroatoms. The van der Waals surface area contributed by atoms with Crippen LogP contribution in [0.4, 0.5) is 0 Å². The SMILES string of the molecule is COc1ccc(-c2nc(-c3cccc(C)n3)nc3c2C(=O)CCC3)cc1. The topological polar surface area (TPSA) is 65.0 Å². The minimum atomic E-state index is 0.112. The zero-order valence-electron chi connectivity index (χ0n) is 14.8. The van der Waals surface area contributed by atoms with Crippen molar-refractivity contribution in [1.29, 1.82) is 0 Å². The molecule has 3 aromatic rings. The zero-order valence-corrected chi connectivity index (χ0v) is 14.8. The van der Waals surface area contributed by atoms with E-state index in [1.807, 2.05) is 49.4 Å². The summed E-state index contributed by atoms with van der Waals surface area (Å²) in [5, 5.41) is 0. The number of aryl methyl sites for hydroxylation is 2. The second-order valence-corrected chi connectivity index (χ2v) is 6.39. The number of hydrogen-bond donors (Lipinski definition) is 0. The van der Waals surface area contributed by atoms with E-state index < -0.39 is 0 Å². The van der Waals surface area contributed by atoms with E-state index in [1.54, 1.807) is 7.11 Å². The van der Waals surface area contributed by atoms with Gasteiger partial charge >= 0.3 is 0 Å². The number of rotatable bonds is 3. The molecular weight excluding hydrogens is 326 g/mol. The van der Waals surface area contributed by atoms with Crippen LogP contribution in [0, 0.1) is 6.92 Å². The summed E-state index contributed by atoms with van der Waals surface area (Å²) in [4.78, 5) is 26.5. The van der Waals surface area contributed by atoms with Crippen molar-refractivity contribution in [2.45, 2.75) is 26.2 Å². The summed E-state index contributed by atoms with van der Waals surface area (Å²) in [6.07, 6.45) is 2.15. The summed E-state index contributed by atoms with van der Waals surface area (Å²) in [5.74, 6) is 1.44. The van der Waals surface area contributed by atoms with Crippen molar-refractivity contribution in [3.05, 3.63) is 59.4 Å². The molecule has 0 aliphatic heterocycles. The van der Waals surface area contributed by atoms with Gasteiger partial charge in [0.2, 0.25) is 0 Å². The molecule has 0 saturated carbocycles. The van der Waals surface area contributed by atoms with Crippen LogP contribution < -0.4 is 4.74 Å². The molecule has 0 saturated heterocycles. The maximum atomic E-state index is 12.6. The molecule has 1 aliphatic carbocycles. The summed E-state index contributed by atoms with van der Waals surface area (Å²) in [6.45, 7) is 1.94. The van der Waals surface area contributed by atoms with Crippen molar-refractivity contribution in [3.8, 4) is 28.5 Å². The Morgan fingerprint density at radius 3 is 2.50 bits per heavy atom. The molecule has 2 aromatic heterocycles. The molecule has 2 heterocycles. The first kappa shape index (κ1) is 16.4. The summed E-state index contributed by atoms with van der Waals surface area (Å²) < 4.78 is 5.24. The third kappa shape index (κ3) is 2.96. The molecule has 5 nitrogen and oxygen atoms in total. The summed E-state index contributed by atoms with van der Waals surface area (Å²) in [6, 6.07) is 13.4. The number of carbonyl (C=O) groups excluding carboxylic acids is 1. The van der Waals surface area contributed by atoms with Crippen LogP contribution in [0.3, 0.4) is 0 Å². The molecule has 0 atom stereocenters. The summed E-state index contributed by atoms with van der Waals surface area (Å²) in [7, 11) is 1.63. The van der Waals surface area contributed by atoms with Gasteiger partial charge in [-0.2, -0.15) is 0 Å². The average Bonchev–Trinajstić information content (AvgIpc) is 2.67. The van der Waals surface area contributed by atoms with Gasteiger partial charge in [-0.05, 0) is 56.2 Å².